The molecular formula is C54H42N4. The number of anilines is 6. The molecule has 0 N–H and O–H groups in total. The highest BCUT2D eigenvalue weighted by molar-refractivity contribution is 6.22. The van der Waals surface area contributed by atoms with E-state index < -0.39 is 0 Å². The van der Waals surface area contributed by atoms with Crippen LogP contribution in [0.2, 0.25) is 0 Å². The summed E-state index contributed by atoms with van der Waals surface area (Å²) in [6, 6.07) is 74.5. The lowest BCUT2D eigenvalue weighted by Gasteiger charge is -2.25. The van der Waals surface area contributed by atoms with Crippen LogP contribution < -0.4 is 9.80 Å². The van der Waals surface area contributed by atoms with Gasteiger partial charge in [-0.05, 0) is 147 Å². The van der Waals surface area contributed by atoms with E-state index in [1.165, 1.54) is 62.5 Å². The first-order chi connectivity index (χ1) is 28.8. The van der Waals surface area contributed by atoms with Gasteiger partial charge < -0.3 is 18.9 Å². The molecule has 2 aromatic heterocycles. The molecule has 0 atom stereocenters. The maximum atomic E-state index is 2.56. The quantitative estimate of drug-likeness (QED) is 0.154. The lowest BCUT2D eigenvalue weighted by molar-refractivity contribution is 0.667. The molecule has 2 heterocycles. The van der Waals surface area contributed by atoms with Gasteiger partial charge in [-0.2, -0.15) is 0 Å². The van der Waals surface area contributed by atoms with Crippen LogP contribution in [0, 0.1) is 0 Å². The number of fused-ring (bicyclic) bond motifs is 7. The van der Waals surface area contributed by atoms with Crippen molar-refractivity contribution in [2.45, 2.75) is 25.7 Å². The average Bonchev–Trinajstić information content (AvgIpc) is 3.82. The van der Waals surface area contributed by atoms with E-state index in [-0.39, 0.29) is 0 Å². The van der Waals surface area contributed by atoms with Gasteiger partial charge in [0.2, 0.25) is 0 Å². The Bertz CT molecular complexity index is 2940. The molecule has 0 amide bonds. The van der Waals surface area contributed by atoms with Crippen molar-refractivity contribution in [2.75, 3.05) is 9.80 Å². The van der Waals surface area contributed by atoms with Gasteiger partial charge in [0.1, 0.15) is 0 Å². The Balaban J connectivity index is 1.05. The Morgan fingerprint density at radius 1 is 0.310 bits per heavy atom. The number of para-hydroxylation sites is 5. The smallest absolute Gasteiger partial charge is 0.0548 e. The summed E-state index contributed by atoms with van der Waals surface area (Å²) in [6.07, 6.45) is 4.59. The zero-order valence-corrected chi connectivity index (χ0v) is 32.2. The number of rotatable bonds is 8. The van der Waals surface area contributed by atoms with Crippen LogP contribution in [-0.2, 0) is 12.8 Å². The van der Waals surface area contributed by atoms with Crippen LogP contribution >= 0.6 is 0 Å². The van der Waals surface area contributed by atoms with Gasteiger partial charge in [0, 0.05) is 67.4 Å². The fourth-order valence-corrected chi connectivity index (χ4v) is 9.37. The molecular weight excluding hydrogens is 705 g/mol. The largest absolute Gasteiger partial charge is 0.313 e. The van der Waals surface area contributed by atoms with E-state index in [1.54, 1.807) is 0 Å². The normalized spacial score (nSPS) is 12.6. The average molecular weight is 747 g/mol. The predicted molar refractivity (Wildman–Crippen MR) is 244 cm³/mol. The molecule has 1 aliphatic rings. The van der Waals surface area contributed by atoms with E-state index in [4.69, 9.17) is 0 Å². The Morgan fingerprint density at radius 2 is 0.707 bits per heavy atom. The summed E-state index contributed by atoms with van der Waals surface area (Å²) in [5.41, 5.74) is 15.9. The predicted octanol–water partition coefficient (Wildman–Crippen LogP) is 14.5. The highest BCUT2D eigenvalue weighted by Gasteiger charge is 2.26. The van der Waals surface area contributed by atoms with E-state index in [0.29, 0.717) is 0 Å². The summed E-state index contributed by atoms with van der Waals surface area (Å²) in [7, 11) is 0. The topological polar surface area (TPSA) is 16.3 Å². The number of hydrogen-bond donors (Lipinski definition) is 0. The van der Waals surface area contributed by atoms with Crippen LogP contribution in [0.1, 0.15) is 24.1 Å². The molecule has 0 unspecified atom stereocenters. The Labute approximate surface area is 339 Å². The van der Waals surface area contributed by atoms with E-state index in [0.717, 1.165) is 52.7 Å². The lowest BCUT2D eigenvalue weighted by Crippen LogP contribution is -2.10. The van der Waals surface area contributed by atoms with Crippen LogP contribution in [0.4, 0.5) is 34.1 Å². The summed E-state index contributed by atoms with van der Waals surface area (Å²) in [4.78, 5) is 4.65. The first-order valence-corrected chi connectivity index (χ1v) is 20.4. The van der Waals surface area contributed by atoms with Crippen molar-refractivity contribution in [3.05, 3.63) is 218 Å². The molecule has 4 nitrogen and oxygen atoms in total. The molecule has 278 valence electrons. The molecule has 0 aliphatic heterocycles. The number of aryl methyl sites for hydroxylation is 1. The van der Waals surface area contributed by atoms with Crippen LogP contribution in [0.3, 0.4) is 0 Å². The van der Waals surface area contributed by atoms with Gasteiger partial charge in [0.05, 0.1) is 16.6 Å². The Morgan fingerprint density at radius 3 is 1.21 bits per heavy atom. The molecule has 11 rings (SSSR count). The standard InChI is InChI=1S/C54H42N4/c1-5-17-39(18-6-1)55(40-19-7-2-8-20-40)43-29-33-45(34-30-43)57-49-27-15-13-25-47(49)53-51(57)37-38-52-54(53)48-26-14-16-28-50(48)58(52)46-35-31-44(32-36-46)56(41-21-9-3-10-22-41)42-23-11-4-12-24-42/h1-13,15,17-25,27,29-38H,14,16,26,28H2. The highest BCUT2D eigenvalue weighted by Crippen LogP contribution is 2.44. The van der Waals surface area contributed by atoms with Crippen molar-refractivity contribution < 1.29 is 0 Å². The van der Waals surface area contributed by atoms with E-state index in [2.05, 4.69) is 225 Å². The molecule has 4 heteroatoms. The van der Waals surface area contributed by atoms with Gasteiger partial charge in [-0.15, -0.1) is 0 Å². The fraction of sp³-hybridized carbons (Fsp3) is 0.0741. The van der Waals surface area contributed by atoms with Crippen molar-refractivity contribution in [3.8, 4) is 11.4 Å². The van der Waals surface area contributed by atoms with Gasteiger partial charge in [-0.3, -0.25) is 0 Å². The Hall–Kier alpha value is -7.30. The van der Waals surface area contributed by atoms with Crippen LogP contribution in [0.25, 0.3) is 44.1 Å². The minimum atomic E-state index is 1.08. The van der Waals surface area contributed by atoms with Crippen molar-refractivity contribution in [2.24, 2.45) is 0 Å². The molecule has 0 bridgehead atoms. The van der Waals surface area contributed by atoms with E-state index in [1.807, 2.05) is 0 Å². The zero-order valence-electron chi connectivity index (χ0n) is 32.2. The molecule has 0 saturated carbocycles. The van der Waals surface area contributed by atoms with Gasteiger partial charge in [0.15, 0.2) is 0 Å². The zero-order chi connectivity index (χ0) is 38.4. The minimum absolute atomic E-state index is 1.08. The molecule has 58 heavy (non-hydrogen) atoms. The second-order valence-corrected chi connectivity index (χ2v) is 15.2. The molecule has 0 radical (unpaired) electrons. The second-order valence-electron chi connectivity index (χ2n) is 15.2. The minimum Gasteiger partial charge on any atom is -0.313 e. The van der Waals surface area contributed by atoms with Crippen molar-refractivity contribution in [1.29, 1.82) is 0 Å². The van der Waals surface area contributed by atoms with Crippen LogP contribution in [0.15, 0.2) is 206 Å². The third-order valence-corrected chi connectivity index (χ3v) is 11.9. The lowest BCUT2D eigenvalue weighted by atomic mass is 9.94. The van der Waals surface area contributed by atoms with Crippen molar-refractivity contribution in [1.82, 2.24) is 9.13 Å². The van der Waals surface area contributed by atoms with Gasteiger partial charge in [0.25, 0.3) is 0 Å². The van der Waals surface area contributed by atoms with E-state index in [9.17, 15) is 0 Å². The number of benzene rings is 8. The monoisotopic (exact) mass is 746 g/mol. The summed E-state index contributed by atoms with van der Waals surface area (Å²) in [6.45, 7) is 0. The molecule has 10 aromatic rings. The molecule has 1 aliphatic carbocycles. The Kier molecular flexibility index (Phi) is 8.40. The number of hydrogen-bond acceptors (Lipinski definition) is 2. The summed E-state index contributed by atoms with van der Waals surface area (Å²) in [5, 5.41) is 4.04. The van der Waals surface area contributed by atoms with Gasteiger partial charge in [-0.1, -0.05) is 91.0 Å². The molecule has 0 spiro atoms. The second kappa shape index (κ2) is 14.3. The summed E-state index contributed by atoms with van der Waals surface area (Å²) < 4.78 is 5.03. The maximum absolute atomic E-state index is 2.56. The molecule has 0 saturated heterocycles. The van der Waals surface area contributed by atoms with Crippen molar-refractivity contribution >= 4 is 66.8 Å². The van der Waals surface area contributed by atoms with Gasteiger partial charge in [-0.25, -0.2) is 0 Å². The maximum Gasteiger partial charge on any atom is 0.0548 e. The summed E-state index contributed by atoms with van der Waals surface area (Å²) >= 11 is 0. The first kappa shape index (κ1) is 34.0. The molecule has 0 fully saturated rings. The summed E-state index contributed by atoms with van der Waals surface area (Å²) in [5.74, 6) is 0. The first-order valence-electron chi connectivity index (χ1n) is 20.4. The number of aromatic nitrogens is 2. The van der Waals surface area contributed by atoms with E-state index >= 15 is 0 Å². The number of nitrogens with zero attached hydrogens (tertiary/aromatic N) is 4. The SMILES string of the molecule is c1ccc(N(c2ccccc2)c2ccc(-n3c4c(c5c6c7ccccc7n(-c7ccc(N(c8ccccc8)c8ccccc8)cc7)c6ccc53)CCCC4)cc2)cc1. The van der Waals surface area contributed by atoms with Crippen LogP contribution in [0.5, 0.6) is 0 Å². The fourth-order valence-electron chi connectivity index (χ4n) is 9.37. The third kappa shape index (κ3) is 5.68. The van der Waals surface area contributed by atoms with Crippen LogP contribution in [-0.4, -0.2) is 9.13 Å². The molecule has 8 aromatic carbocycles. The highest BCUT2D eigenvalue weighted by atomic mass is 15.1. The van der Waals surface area contributed by atoms with Gasteiger partial charge >= 0.3 is 0 Å². The van der Waals surface area contributed by atoms with Crippen molar-refractivity contribution in [3.63, 3.8) is 0 Å². The third-order valence-electron chi connectivity index (χ3n) is 11.9.